The lowest BCUT2D eigenvalue weighted by Gasteiger charge is -2.56. The van der Waals surface area contributed by atoms with Gasteiger partial charge in [0, 0.05) is 9.89 Å². The van der Waals surface area contributed by atoms with Crippen LogP contribution >= 0.6 is 15.9 Å². The van der Waals surface area contributed by atoms with E-state index in [1.807, 2.05) is 18.2 Å². The van der Waals surface area contributed by atoms with E-state index >= 15 is 0 Å². The molecule has 0 heterocycles. The van der Waals surface area contributed by atoms with Gasteiger partial charge in [0.1, 0.15) is 11.5 Å². The Hall–Kier alpha value is -0.960. The minimum Gasteiger partial charge on any atom is -0.508 e. The quantitative estimate of drug-likeness (QED) is 0.618. The highest BCUT2D eigenvalue weighted by atomic mass is 79.9. The Morgan fingerprint density at radius 3 is 2.52 bits per heavy atom. The molecule has 1 aromatic carbocycles. The van der Waals surface area contributed by atoms with Gasteiger partial charge in [-0.15, -0.1) is 0 Å². The standard InChI is InChI=1S/C18H21BrO2/c1-21-17(12-3-2-4-15(20)7-12)16-13-5-11-6-14(16)10-18(19,8-11)9-13/h2-4,7,11,13-14,20H,5-6,8-10H2,1H3. The van der Waals surface area contributed by atoms with Crippen molar-refractivity contribution in [3.05, 3.63) is 35.4 Å². The molecule has 2 atom stereocenters. The summed E-state index contributed by atoms with van der Waals surface area (Å²) in [6.45, 7) is 0. The zero-order chi connectivity index (χ0) is 14.6. The number of ether oxygens (including phenoxy) is 1. The number of allylic oxidation sites excluding steroid dienone is 1. The number of halogens is 1. The maximum atomic E-state index is 9.76. The number of alkyl halides is 1. The van der Waals surface area contributed by atoms with Gasteiger partial charge in [-0.05, 0) is 67.6 Å². The molecule has 4 aliphatic rings. The highest BCUT2D eigenvalue weighted by Gasteiger charge is 2.53. The number of phenolic OH excluding ortho intramolecular Hbond substituents is 1. The van der Waals surface area contributed by atoms with Crippen molar-refractivity contribution in [1.82, 2.24) is 0 Å². The molecule has 3 heteroatoms. The summed E-state index contributed by atoms with van der Waals surface area (Å²) in [5, 5.41) is 9.76. The fraction of sp³-hybridized carbons (Fsp3) is 0.556. The Labute approximate surface area is 134 Å². The second-order valence-electron chi connectivity index (χ2n) is 7.03. The summed E-state index contributed by atoms with van der Waals surface area (Å²) in [6.07, 6.45) is 6.44. The van der Waals surface area contributed by atoms with E-state index in [0.29, 0.717) is 21.9 Å². The van der Waals surface area contributed by atoms with Gasteiger partial charge in [0.2, 0.25) is 0 Å². The first-order valence-electron chi connectivity index (χ1n) is 7.84. The zero-order valence-electron chi connectivity index (χ0n) is 12.3. The topological polar surface area (TPSA) is 29.5 Å². The third kappa shape index (κ3) is 2.21. The average Bonchev–Trinajstić information content (AvgIpc) is 2.41. The largest absolute Gasteiger partial charge is 0.508 e. The predicted molar refractivity (Wildman–Crippen MR) is 87.2 cm³/mol. The highest BCUT2D eigenvalue weighted by Crippen LogP contribution is 2.62. The first kappa shape index (κ1) is 13.7. The SMILES string of the molecule is COC(=C1C2CC3CC1CC(Br)(C3)C2)c1cccc(O)c1. The van der Waals surface area contributed by atoms with Crippen LogP contribution in [0.4, 0.5) is 0 Å². The van der Waals surface area contributed by atoms with E-state index in [9.17, 15) is 5.11 Å². The van der Waals surface area contributed by atoms with Crippen LogP contribution in [-0.2, 0) is 4.74 Å². The molecular formula is C18H21BrO2. The van der Waals surface area contributed by atoms with Crippen LogP contribution in [0.2, 0.25) is 0 Å². The zero-order valence-corrected chi connectivity index (χ0v) is 13.9. The molecule has 0 amide bonds. The highest BCUT2D eigenvalue weighted by molar-refractivity contribution is 9.10. The molecule has 1 aromatic rings. The van der Waals surface area contributed by atoms with E-state index in [0.717, 1.165) is 17.2 Å². The van der Waals surface area contributed by atoms with Crippen LogP contribution in [0.3, 0.4) is 0 Å². The number of hydrogen-bond acceptors (Lipinski definition) is 2. The normalized spacial score (nSPS) is 36.9. The minimum absolute atomic E-state index is 0.309. The second kappa shape index (κ2) is 4.77. The van der Waals surface area contributed by atoms with Gasteiger partial charge in [-0.1, -0.05) is 28.1 Å². The summed E-state index contributed by atoms with van der Waals surface area (Å²) in [7, 11) is 1.77. The predicted octanol–water partition coefficient (Wildman–Crippen LogP) is 4.72. The molecule has 4 aliphatic carbocycles. The molecule has 4 fully saturated rings. The Morgan fingerprint density at radius 2 is 1.95 bits per heavy atom. The third-order valence-electron chi connectivity index (χ3n) is 5.57. The van der Waals surface area contributed by atoms with Gasteiger partial charge in [-0.25, -0.2) is 0 Å². The number of aromatic hydroxyl groups is 1. The van der Waals surface area contributed by atoms with Crippen LogP contribution in [0.1, 0.15) is 37.7 Å². The van der Waals surface area contributed by atoms with Crippen molar-refractivity contribution in [3.63, 3.8) is 0 Å². The number of benzene rings is 1. The number of phenols is 1. The lowest BCUT2D eigenvalue weighted by Crippen LogP contribution is -2.48. The number of methoxy groups -OCH3 is 1. The minimum atomic E-state index is 0.309. The fourth-order valence-corrected chi connectivity index (χ4v) is 6.35. The molecule has 0 aromatic heterocycles. The Kier molecular flexibility index (Phi) is 3.11. The lowest BCUT2D eigenvalue weighted by atomic mass is 9.53. The van der Waals surface area contributed by atoms with Crippen LogP contribution in [0.5, 0.6) is 5.75 Å². The molecule has 2 nitrogen and oxygen atoms in total. The molecule has 4 bridgehead atoms. The maximum absolute atomic E-state index is 9.76. The summed E-state index contributed by atoms with van der Waals surface area (Å²) in [5.74, 6) is 3.49. The van der Waals surface area contributed by atoms with Crippen molar-refractivity contribution in [2.45, 2.75) is 36.4 Å². The van der Waals surface area contributed by atoms with Gasteiger partial charge in [0.25, 0.3) is 0 Å². The molecular weight excluding hydrogens is 328 g/mol. The van der Waals surface area contributed by atoms with E-state index in [1.165, 1.54) is 37.7 Å². The van der Waals surface area contributed by atoms with Crippen LogP contribution in [0.25, 0.3) is 5.76 Å². The molecule has 5 rings (SSSR count). The first-order valence-corrected chi connectivity index (χ1v) is 8.64. The van der Waals surface area contributed by atoms with E-state index in [4.69, 9.17) is 4.74 Å². The number of hydrogen-bond donors (Lipinski definition) is 1. The van der Waals surface area contributed by atoms with Gasteiger partial charge in [-0.3, -0.25) is 0 Å². The monoisotopic (exact) mass is 348 g/mol. The van der Waals surface area contributed by atoms with Gasteiger partial charge in [0.15, 0.2) is 0 Å². The third-order valence-corrected chi connectivity index (χ3v) is 6.54. The van der Waals surface area contributed by atoms with Crippen molar-refractivity contribution in [2.24, 2.45) is 17.8 Å². The summed E-state index contributed by atoms with van der Waals surface area (Å²) in [6, 6.07) is 7.47. The Balaban J connectivity index is 1.80. The molecule has 0 aliphatic heterocycles. The van der Waals surface area contributed by atoms with Crippen molar-refractivity contribution in [3.8, 4) is 5.75 Å². The summed E-state index contributed by atoms with van der Waals surface area (Å²) >= 11 is 4.02. The van der Waals surface area contributed by atoms with Crippen LogP contribution < -0.4 is 0 Å². The first-order chi connectivity index (χ1) is 10.1. The van der Waals surface area contributed by atoms with E-state index in [-0.39, 0.29) is 0 Å². The van der Waals surface area contributed by atoms with Crippen molar-refractivity contribution >= 4 is 21.7 Å². The maximum Gasteiger partial charge on any atom is 0.125 e. The summed E-state index contributed by atoms with van der Waals surface area (Å²) < 4.78 is 6.18. The van der Waals surface area contributed by atoms with Gasteiger partial charge in [-0.2, -0.15) is 0 Å². The van der Waals surface area contributed by atoms with Gasteiger partial charge < -0.3 is 9.84 Å². The van der Waals surface area contributed by atoms with Crippen molar-refractivity contribution in [2.75, 3.05) is 7.11 Å². The molecule has 1 N–H and O–H groups in total. The van der Waals surface area contributed by atoms with E-state index in [2.05, 4.69) is 15.9 Å². The van der Waals surface area contributed by atoms with Crippen molar-refractivity contribution in [1.29, 1.82) is 0 Å². The van der Waals surface area contributed by atoms with Crippen molar-refractivity contribution < 1.29 is 9.84 Å². The van der Waals surface area contributed by atoms with Gasteiger partial charge in [0.05, 0.1) is 7.11 Å². The average molecular weight is 349 g/mol. The molecule has 112 valence electrons. The molecule has 4 saturated carbocycles. The van der Waals surface area contributed by atoms with E-state index in [1.54, 1.807) is 13.2 Å². The van der Waals surface area contributed by atoms with Gasteiger partial charge >= 0.3 is 0 Å². The smallest absolute Gasteiger partial charge is 0.125 e. The molecule has 0 spiro atoms. The number of rotatable bonds is 2. The molecule has 21 heavy (non-hydrogen) atoms. The summed E-state index contributed by atoms with van der Waals surface area (Å²) in [5.41, 5.74) is 2.53. The molecule has 0 radical (unpaired) electrons. The Morgan fingerprint density at radius 1 is 1.24 bits per heavy atom. The molecule has 0 saturated heterocycles. The summed E-state index contributed by atoms with van der Waals surface area (Å²) in [4.78, 5) is 0. The van der Waals surface area contributed by atoms with E-state index < -0.39 is 0 Å². The van der Waals surface area contributed by atoms with Crippen LogP contribution in [-0.4, -0.2) is 16.5 Å². The second-order valence-corrected chi connectivity index (χ2v) is 8.72. The lowest BCUT2D eigenvalue weighted by molar-refractivity contribution is 0.0916. The fourth-order valence-electron chi connectivity index (χ4n) is 5.11. The van der Waals surface area contributed by atoms with Crippen LogP contribution in [0.15, 0.2) is 29.8 Å². The Bertz CT molecular complexity index is 589. The molecule has 2 unspecified atom stereocenters. The van der Waals surface area contributed by atoms with Crippen LogP contribution in [0, 0.1) is 17.8 Å².